The Balaban J connectivity index is 1.57. The maximum absolute atomic E-state index is 12.3. The van der Waals surface area contributed by atoms with Crippen LogP contribution in [0.1, 0.15) is 54.1 Å². The molecule has 1 aliphatic carbocycles. The Kier molecular flexibility index (Phi) is 7.06. The number of para-hydroxylation sites is 1. The van der Waals surface area contributed by atoms with Crippen LogP contribution in [-0.2, 0) is 17.6 Å². The summed E-state index contributed by atoms with van der Waals surface area (Å²) >= 11 is 0. The van der Waals surface area contributed by atoms with Gasteiger partial charge in [-0.3, -0.25) is 9.59 Å². The first kappa shape index (κ1) is 19.9. The molecule has 0 heterocycles. The molecule has 1 aliphatic rings. The lowest BCUT2D eigenvalue weighted by molar-refractivity contribution is -0.118. The van der Waals surface area contributed by atoms with E-state index in [2.05, 4.69) is 23.6 Å². The minimum Gasteiger partial charge on any atom is -0.484 e. The van der Waals surface area contributed by atoms with Crippen molar-refractivity contribution in [1.82, 2.24) is 5.32 Å². The fourth-order valence-corrected chi connectivity index (χ4v) is 3.40. The summed E-state index contributed by atoms with van der Waals surface area (Å²) in [4.78, 5) is 24.7. The van der Waals surface area contributed by atoms with Crippen LogP contribution in [0.3, 0.4) is 0 Å². The lowest BCUT2D eigenvalue weighted by Crippen LogP contribution is -2.27. The van der Waals surface area contributed by atoms with E-state index in [0.717, 1.165) is 25.7 Å². The van der Waals surface area contributed by atoms with Gasteiger partial charge in [-0.2, -0.15) is 0 Å². The molecule has 0 saturated heterocycles. The number of aryl methyl sites for hydroxylation is 2. The minimum absolute atomic E-state index is 0.0927. The van der Waals surface area contributed by atoms with Crippen LogP contribution in [0.15, 0.2) is 42.5 Å². The van der Waals surface area contributed by atoms with Gasteiger partial charge in [0.2, 0.25) is 0 Å². The van der Waals surface area contributed by atoms with E-state index in [0.29, 0.717) is 23.5 Å². The molecule has 0 bridgehead atoms. The van der Waals surface area contributed by atoms with Crippen LogP contribution in [0.2, 0.25) is 0 Å². The number of hydrogen-bond donors (Lipinski definition) is 2. The topological polar surface area (TPSA) is 67.4 Å². The second-order valence-corrected chi connectivity index (χ2v) is 7.13. The van der Waals surface area contributed by atoms with Crippen LogP contribution < -0.4 is 15.4 Å². The molecular formula is C23H28N2O3. The molecule has 148 valence electrons. The van der Waals surface area contributed by atoms with Gasteiger partial charge in [0.1, 0.15) is 5.75 Å². The van der Waals surface area contributed by atoms with Crippen molar-refractivity contribution >= 4 is 17.5 Å². The molecule has 0 radical (unpaired) electrons. The zero-order valence-electron chi connectivity index (χ0n) is 16.4. The third-order valence-corrected chi connectivity index (χ3v) is 4.95. The molecule has 0 spiro atoms. The number of rotatable bonds is 8. The summed E-state index contributed by atoms with van der Waals surface area (Å²) in [5.74, 6) is 0.243. The smallest absolute Gasteiger partial charge is 0.262 e. The summed E-state index contributed by atoms with van der Waals surface area (Å²) in [6.07, 6.45) is 6.56. The number of unbranched alkanes of at least 4 members (excludes halogenated alkanes) is 1. The molecule has 0 fully saturated rings. The molecule has 2 aromatic rings. The van der Waals surface area contributed by atoms with E-state index in [1.165, 1.54) is 24.0 Å². The molecule has 0 saturated carbocycles. The van der Waals surface area contributed by atoms with E-state index in [9.17, 15) is 9.59 Å². The van der Waals surface area contributed by atoms with Gasteiger partial charge in [-0.05, 0) is 67.5 Å². The van der Waals surface area contributed by atoms with Crippen LogP contribution in [0.5, 0.6) is 5.75 Å². The molecule has 0 aliphatic heterocycles. The fourth-order valence-electron chi connectivity index (χ4n) is 3.40. The number of anilines is 1. The molecule has 0 aromatic heterocycles. The van der Waals surface area contributed by atoms with Gasteiger partial charge in [0.25, 0.3) is 11.8 Å². The van der Waals surface area contributed by atoms with Gasteiger partial charge in [-0.25, -0.2) is 0 Å². The number of fused-ring (bicyclic) bond motifs is 1. The summed E-state index contributed by atoms with van der Waals surface area (Å²) in [7, 11) is 0. The maximum Gasteiger partial charge on any atom is 0.262 e. The van der Waals surface area contributed by atoms with Crippen LogP contribution in [0.25, 0.3) is 0 Å². The molecular weight excluding hydrogens is 352 g/mol. The van der Waals surface area contributed by atoms with Crippen LogP contribution in [0.4, 0.5) is 5.69 Å². The van der Waals surface area contributed by atoms with Crippen molar-refractivity contribution < 1.29 is 14.3 Å². The molecule has 0 atom stereocenters. The van der Waals surface area contributed by atoms with E-state index in [1.54, 1.807) is 24.3 Å². The Hall–Kier alpha value is -2.82. The standard InChI is InChI=1S/C23H28N2O3/c1-2-3-14-24-23(27)20-10-6-7-11-21(20)25-22(26)16-28-19-13-12-17-8-4-5-9-18(17)15-19/h6-7,10-13,15H,2-5,8-9,14,16H2,1H3,(H,24,27)(H,25,26). The van der Waals surface area contributed by atoms with Crippen molar-refractivity contribution in [2.24, 2.45) is 0 Å². The molecule has 5 nitrogen and oxygen atoms in total. The number of ether oxygens (including phenoxy) is 1. The molecule has 2 amide bonds. The van der Waals surface area contributed by atoms with Gasteiger partial charge in [0.05, 0.1) is 11.3 Å². The van der Waals surface area contributed by atoms with Crippen molar-refractivity contribution in [1.29, 1.82) is 0 Å². The second kappa shape index (κ2) is 9.93. The lowest BCUT2D eigenvalue weighted by atomic mass is 9.92. The molecule has 28 heavy (non-hydrogen) atoms. The quantitative estimate of drug-likeness (QED) is 0.677. The Bertz CT molecular complexity index is 832. The first-order valence-electron chi connectivity index (χ1n) is 10.1. The van der Waals surface area contributed by atoms with Crippen LogP contribution in [0, 0.1) is 0 Å². The monoisotopic (exact) mass is 380 g/mol. The number of carbonyl (C=O) groups excluding carboxylic acids is 2. The van der Waals surface area contributed by atoms with E-state index >= 15 is 0 Å². The molecule has 0 unspecified atom stereocenters. The largest absolute Gasteiger partial charge is 0.484 e. The third kappa shape index (κ3) is 5.35. The molecule has 3 rings (SSSR count). The highest BCUT2D eigenvalue weighted by Gasteiger charge is 2.14. The third-order valence-electron chi connectivity index (χ3n) is 4.95. The summed E-state index contributed by atoms with van der Waals surface area (Å²) in [5, 5.41) is 5.67. The van der Waals surface area contributed by atoms with Crippen molar-refractivity contribution in [2.75, 3.05) is 18.5 Å². The predicted molar refractivity (Wildman–Crippen MR) is 111 cm³/mol. The molecule has 5 heteroatoms. The van der Waals surface area contributed by atoms with Gasteiger partial charge in [-0.1, -0.05) is 31.5 Å². The summed E-state index contributed by atoms with van der Waals surface area (Å²) < 4.78 is 5.67. The first-order valence-corrected chi connectivity index (χ1v) is 10.1. The van der Waals surface area contributed by atoms with E-state index in [-0.39, 0.29) is 18.4 Å². The normalized spacial score (nSPS) is 12.8. The zero-order chi connectivity index (χ0) is 19.8. The Morgan fingerprint density at radius 1 is 1.04 bits per heavy atom. The average molecular weight is 380 g/mol. The zero-order valence-corrected chi connectivity index (χ0v) is 16.4. The number of nitrogens with one attached hydrogen (secondary N) is 2. The summed E-state index contributed by atoms with van der Waals surface area (Å²) in [5.41, 5.74) is 3.65. The van der Waals surface area contributed by atoms with Gasteiger partial charge in [-0.15, -0.1) is 0 Å². The van der Waals surface area contributed by atoms with Gasteiger partial charge in [0, 0.05) is 6.54 Å². The number of hydrogen-bond acceptors (Lipinski definition) is 3. The van der Waals surface area contributed by atoms with Crippen LogP contribution in [-0.4, -0.2) is 25.0 Å². The van der Waals surface area contributed by atoms with E-state index < -0.39 is 0 Å². The maximum atomic E-state index is 12.3. The van der Waals surface area contributed by atoms with Crippen molar-refractivity contribution in [3.8, 4) is 5.75 Å². The van der Waals surface area contributed by atoms with E-state index in [4.69, 9.17) is 4.74 Å². The van der Waals surface area contributed by atoms with Crippen LogP contribution >= 0.6 is 0 Å². The van der Waals surface area contributed by atoms with Crippen molar-refractivity contribution in [2.45, 2.75) is 45.4 Å². The number of carbonyl (C=O) groups is 2. The highest BCUT2D eigenvalue weighted by molar-refractivity contribution is 6.04. The predicted octanol–water partition coefficient (Wildman–Crippen LogP) is 4.11. The second-order valence-electron chi connectivity index (χ2n) is 7.13. The van der Waals surface area contributed by atoms with E-state index in [1.807, 2.05) is 12.1 Å². The summed E-state index contributed by atoms with van der Waals surface area (Å²) in [6, 6.07) is 13.1. The Labute approximate surface area is 166 Å². The average Bonchev–Trinajstić information content (AvgIpc) is 2.72. The minimum atomic E-state index is -0.286. The highest BCUT2D eigenvalue weighted by atomic mass is 16.5. The molecule has 2 N–H and O–H groups in total. The van der Waals surface area contributed by atoms with Crippen molar-refractivity contribution in [3.05, 3.63) is 59.2 Å². The summed E-state index contributed by atoms with van der Waals surface area (Å²) in [6.45, 7) is 2.60. The highest BCUT2D eigenvalue weighted by Crippen LogP contribution is 2.25. The Morgan fingerprint density at radius 3 is 2.64 bits per heavy atom. The number of amides is 2. The first-order chi connectivity index (χ1) is 13.7. The lowest BCUT2D eigenvalue weighted by Gasteiger charge is -2.17. The fraction of sp³-hybridized carbons (Fsp3) is 0.391. The molecule has 2 aromatic carbocycles. The Morgan fingerprint density at radius 2 is 1.82 bits per heavy atom. The van der Waals surface area contributed by atoms with Gasteiger partial charge < -0.3 is 15.4 Å². The van der Waals surface area contributed by atoms with Crippen molar-refractivity contribution in [3.63, 3.8) is 0 Å². The SMILES string of the molecule is CCCCNC(=O)c1ccccc1NC(=O)COc1ccc2c(c1)CCCC2. The van der Waals surface area contributed by atoms with Gasteiger partial charge >= 0.3 is 0 Å². The van der Waals surface area contributed by atoms with Gasteiger partial charge in [0.15, 0.2) is 6.61 Å². The number of benzene rings is 2.